The summed E-state index contributed by atoms with van der Waals surface area (Å²) in [5.41, 5.74) is 33.6. The number of guanidine groups is 4. The number of carbonyl (C=O) groups is 3. The van der Waals surface area contributed by atoms with Gasteiger partial charge in [-0.3, -0.25) is 14.8 Å². The molecule has 11 atom stereocenters. The Hall–Kier alpha value is -5.67. The molecule has 26 heteroatoms. The summed E-state index contributed by atoms with van der Waals surface area (Å²) < 4.78 is 22.1. The van der Waals surface area contributed by atoms with Crippen LogP contribution in [0.25, 0.3) is 0 Å². The van der Waals surface area contributed by atoms with Crippen LogP contribution in [0.2, 0.25) is 0 Å². The third-order valence-corrected chi connectivity index (χ3v) is 9.31. The zero-order chi connectivity index (χ0) is 45.8. The zero-order valence-electron chi connectivity index (χ0n) is 34.4. The SMILES string of the molecule is CC(=O)N[C@H]1[C@H]([C@H](O)[C@H](O)CN=C(N)NCCOCCC(C)CCOCCNC(N)=NC[C@@H](O)[C@@H](O)[C@@H]2OC(C(=O)O)=C[C@H](N=C(N)N)[C@H]2C)OC(C(=O)O)=C[C@@H]1N=C(N)N. The molecule has 2 aliphatic heterocycles. The van der Waals surface area contributed by atoms with E-state index < -0.39 is 103 Å². The minimum absolute atomic E-state index is 0.000794. The second kappa shape index (κ2) is 25.8. The van der Waals surface area contributed by atoms with E-state index >= 15 is 0 Å². The number of carboxylic acids is 2. The Bertz CT molecular complexity index is 1620. The Kier molecular flexibility index (Phi) is 21.8. The second-order valence-corrected chi connectivity index (χ2v) is 14.3. The molecule has 0 radical (unpaired) electrons. The summed E-state index contributed by atoms with van der Waals surface area (Å²) >= 11 is 0. The number of amides is 1. The number of aliphatic imine (C=N–C) groups is 4. The van der Waals surface area contributed by atoms with E-state index in [1.54, 1.807) is 6.92 Å². The molecule has 61 heavy (non-hydrogen) atoms. The lowest BCUT2D eigenvalue weighted by atomic mass is 9.87. The summed E-state index contributed by atoms with van der Waals surface area (Å²) in [5.74, 6) is -5.48. The number of nitrogens with zero attached hydrogens (tertiary/aromatic N) is 4. The number of hydrogen-bond acceptors (Lipinski definition) is 15. The molecule has 1 unspecified atom stereocenters. The first-order valence-corrected chi connectivity index (χ1v) is 19.3. The van der Waals surface area contributed by atoms with Gasteiger partial charge in [0.05, 0.1) is 44.4 Å². The van der Waals surface area contributed by atoms with Crippen LogP contribution in [0.1, 0.15) is 33.6 Å². The van der Waals surface area contributed by atoms with Crippen LogP contribution in [0, 0.1) is 11.8 Å². The maximum atomic E-state index is 11.9. The van der Waals surface area contributed by atoms with Crippen molar-refractivity contribution in [2.75, 3.05) is 52.6 Å². The summed E-state index contributed by atoms with van der Waals surface area (Å²) in [6.07, 6.45) is -5.11. The molecule has 0 aromatic rings. The number of carbonyl (C=O) groups excluding carboxylic acids is 1. The lowest BCUT2D eigenvalue weighted by molar-refractivity contribution is -0.145. The molecule has 21 N–H and O–H groups in total. The van der Waals surface area contributed by atoms with E-state index in [1.807, 2.05) is 6.92 Å². The molecule has 346 valence electrons. The van der Waals surface area contributed by atoms with Gasteiger partial charge in [-0.1, -0.05) is 13.8 Å². The highest BCUT2D eigenvalue weighted by Gasteiger charge is 2.44. The van der Waals surface area contributed by atoms with E-state index in [0.29, 0.717) is 26.4 Å². The number of carboxylic acid groups (broad SMARTS) is 2. The van der Waals surface area contributed by atoms with Crippen molar-refractivity contribution in [3.63, 3.8) is 0 Å². The van der Waals surface area contributed by atoms with Crippen LogP contribution in [0.5, 0.6) is 0 Å². The fourth-order valence-electron chi connectivity index (χ4n) is 6.00. The van der Waals surface area contributed by atoms with Crippen LogP contribution in [0.15, 0.2) is 43.6 Å². The Morgan fingerprint density at radius 2 is 1.15 bits per heavy atom. The number of hydrogen-bond donors (Lipinski definition) is 15. The van der Waals surface area contributed by atoms with E-state index in [1.165, 1.54) is 13.0 Å². The van der Waals surface area contributed by atoms with Crippen molar-refractivity contribution in [1.82, 2.24) is 16.0 Å². The third-order valence-electron chi connectivity index (χ3n) is 9.31. The van der Waals surface area contributed by atoms with Crippen molar-refractivity contribution < 1.29 is 64.0 Å². The van der Waals surface area contributed by atoms with Gasteiger partial charge < -0.3 is 99.9 Å². The second-order valence-electron chi connectivity index (χ2n) is 14.3. The first-order chi connectivity index (χ1) is 28.7. The number of nitrogens with two attached hydrogens (primary N) is 6. The van der Waals surface area contributed by atoms with Gasteiger partial charge in [-0.2, -0.15) is 0 Å². The first-order valence-electron chi connectivity index (χ1n) is 19.3. The van der Waals surface area contributed by atoms with Crippen molar-refractivity contribution in [3.05, 3.63) is 23.7 Å². The van der Waals surface area contributed by atoms with Gasteiger partial charge in [0, 0.05) is 39.1 Å². The van der Waals surface area contributed by atoms with Crippen LogP contribution >= 0.6 is 0 Å². The Balaban J connectivity index is 1.64. The number of rotatable bonds is 25. The molecule has 0 fully saturated rings. The van der Waals surface area contributed by atoms with E-state index in [4.69, 9.17) is 53.3 Å². The van der Waals surface area contributed by atoms with E-state index in [2.05, 4.69) is 35.9 Å². The lowest BCUT2D eigenvalue weighted by Crippen LogP contribution is -2.59. The highest BCUT2D eigenvalue weighted by Crippen LogP contribution is 2.29. The molecule has 0 aliphatic carbocycles. The minimum Gasteiger partial charge on any atom is -0.480 e. The molecule has 26 nitrogen and oxygen atoms in total. The topological polar surface area (TPSA) is 451 Å². The van der Waals surface area contributed by atoms with Gasteiger partial charge >= 0.3 is 11.9 Å². The van der Waals surface area contributed by atoms with E-state index in [9.17, 15) is 45.0 Å². The first kappa shape index (κ1) is 51.5. The quantitative estimate of drug-likeness (QED) is 0.0230. The Labute approximate surface area is 352 Å². The Morgan fingerprint density at radius 1 is 0.721 bits per heavy atom. The number of aliphatic hydroxyl groups is 4. The third kappa shape index (κ3) is 18.2. The summed E-state index contributed by atoms with van der Waals surface area (Å²) in [6, 6.07) is -3.05. The molecule has 0 aromatic heterocycles. The fraction of sp³-hybridized carbons (Fsp3) is 0.686. The number of ether oxygens (including phenoxy) is 4. The standard InChI is InChI=1S/C35H63N13O13/c1-16(4-8-58-10-6-42-34(40)44-14-21(50)26(52)28-17(2)19(47-32(36)37)12-23(60-28)30(54)55)5-9-59-11-7-43-35(41)45-15-22(51)27(53)29-25(46-18(3)49)20(48-33(38)39)13-24(61-29)31(56)57/h12-13,16-17,19-22,25-29,50-53H,4-11,14-15H2,1-3H3,(H,46,49)(H,54,55)(H,56,57)(H4,36,37,47)(H4,38,39,48)(H3,40,42,44)(H3,41,43,45)/t16?,17-,19+,20+,21-,22-,25-,26-,27-,28-,29-/m1/s1. The molecule has 1 amide bonds. The monoisotopic (exact) mass is 873 g/mol. The zero-order valence-corrected chi connectivity index (χ0v) is 34.4. The normalized spacial score (nSPS) is 24.2. The molecular weight excluding hydrogens is 810 g/mol. The molecule has 2 aliphatic rings. The molecule has 0 aromatic carbocycles. The molecule has 0 spiro atoms. The maximum absolute atomic E-state index is 11.9. The van der Waals surface area contributed by atoms with Gasteiger partial charge in [-0.15, -0.1) is 0 Å². The van der Waals surface area contributed by atoms with Gasteiger partial charge in [0.2, 0.25) is 17.4 Å². The predicted octanol–water partition coefficient (Wildman–Crippen LogP) is -6.15. The van der Waals surface area contributed by atoms with Gasteiger partial charge in [0.15, 0.2) is 23.8 Å². The van der Waals surface area contributed by atoms with Gasteiger partial charge in [0.1, 0.15) is 36.6 Å². The lowest BCUT2D eigenvalue weighted by Gasteiger charge is -2.38. The summed E-state index contributed by atoms with van der Waals surface area (Å²) in [7, 11) is 0. The van der Waals surface area contributed by atoms with Crippen LogP contribution in [0.3, 0.4) is 0 Å². The summed E-state index contributed by atoms with van der Waals surface area (Å²) in [5, 5.41) is 69.8. The fourth-order valence-corrected chi connectivity index (χ4v) is 6.00. The smallest absolute Gasteiger partial charge is 0.370 e. The van der Waals surface area contributed by atoms with Crippen molar-refractivity contribution in [1.29, 1.82) is 0 Å². The highest BCUT2D eigenvalue weighted by molar-refractivity contribution is 5.86. The van der Waals surface area contributed by atoms with Crippen molar-refractivity contribution in [2.45, 2.75) is 88.4 Å². The van der Waals surface area contributed by atoms with Crippen molar-refractivity contribution in [2.24, 2.45) is 66.2 Å². The molecular formula is C35H63N13O13. The van der Waals surface area contributed by atoms with Gasteiger partial charge in [-0.25, -0.2) is 19.6 Å². The molecule has 0 saturated carbocycles. The summed E-state index contributed by atoms with van der Waals surface area (Å²) in [4.78, 5) is 51.0. The number of aliphatic carboxylic acids is 2. The molecule has 0 bridgehead atoms. The van der Waals surface area contributed by atoms with Crippen molar-refractivity contribution >= 4 is 41.7 Å². The minimum atomic E-state index is -1.74. The molecule has 0 saturated heterocycles. The van der Waals surface area contributed by atoms with Crippen LogP contribution < -0.4 is 50.4 Å². The number of aliphatic hydroxyl groups excluding tert-OH is 4. The van der Waals surface area contributed by atoms with Crippen LogP contribution in [0.4, 0.5) is 0 Å². The van der Waals surface area contributed by atoms with Crippen molar-refractivity contribution in [3.8, 4) is 0 Å². The molecule has 2 heterocycles. The highest BCUT2D eigenvalue weighted by atomic mass is 16.5. The Morgan fingerprint density at radius 3 is 1.59 bits per heavy atom. The average Bonchev–Trinajstić information content (AvgIpc) is 3.18. The van der Waals surface area contributed by atoms with E-state index in [-0.39, 0.29) is 43.5 Å². The van der Waals surface area contributed by atoms with Crippen LogP contribution in [-0.2, 0) is 33.3 Å². The predicted molar refractivity (Wildman–Crippen MR) is 220 cm³/mol. The summed E-state index contributed by atoms with van der Waals surface area (Å²) in [6.45, 7) is 6.32. The largest absolute Gasteiger partial charge is 0.480 e. The van der Waals surface area contributed by atoms with Gasteiger partial charge in [-0.05, 0) is 30.9 Å². The number of nitrogens with one attached hydrogen (secondary N) is 3. The molecule has 2 rings (SSSR count). The van der Waals surface area contributed by atoms with Crippen LogP contribution in [-0.4, -0.2) is 180 Å². The average molecular weight is 874 g/mol. The van der Waals surface area contributed by atoms with Gasteiger partial charge in [0.25, 0.3) is 0 Å². The van der Waals surface area contributed by atoms with E-state index in [0.717, 1.165) is 18.9 Å². The maximum Gasteiger partial charge on any atom is 0.370 e.